The van der Waals surface area contributed by atoms with E-state index in [9.17, 15) is 13.2 Å². The summed E-state index contributed by atoms with van der Waals surface area (Å²) >= 11 is 1.18. The fourth-order valence-corrected chi connectivity index (χ4v) is 5.34. The van der Waals surface area contributed by atoms with Crippen LogP contribution in [0.1, 0.15) is 55.6 Å². The molecule has 0 aliphatic heterocycles. The fraction of sp³-hybridized carbons (Fsp3) is 0.643. The highest BCUT2D eigenvalue weighted by atomic mass is 32.2. The van der Waals surface area contributed by atoms with Gasteiger partial charge in [0.25, 0.3) is 0 Å². The first kappa shape index (κ1) is 16.3. The summed E-state index contributed by atoms with van der Waals surface area (Å²) in [5, 5.41) is 3.84. The molecule has 21 heavy (non-hydrogen) atoms. The number of nitrogen functional groups attached to an aromatic ring is 1. The number of thiophene rings is 1. The lowest BCUT2D eigenvalue weighted by molar-refractivity contribution is 0.0992. The average Bonchev–Trinajstić information content (AvgIpc) is 3.06. The maximum atomic E-state index is 12.3. The summed E-state index contributed by atoms with van der Waals surface area (Å²) in [7, 11) is -3.45. The molecule has 0 aromatic carbocycles. The Morgan fingerprint density at radius 2 is 1.95 bits per heavy atom. The van der Waals surface area contributed by atoms with Crippen molar-refractivity contribution in [1.29, 1.82) is 0 Å². The second-order valence-corrected chi connectivity index (χ2v) is 8.54. The number of hydrogen-bond donors (Lipinski definition) is 2. The van der Waals surface area contributed by atoms with Crippen LogP contribution in [-0.4, -0.2) is 26.0 Å². The van der Waals surface area contributed by atoms with Gasteiger partial charge in [-0.1, -0.05) is 26.7 Å². The van der Waals surface area contributed by atoms with Crippen LogP contribution in [0.15, 0.2) is 4.90 Å². The quantitative estimate of drug-likeness (QED) is 0.782. The first-order chi connectivity index (χ1) is 9.90. The molecule has 0 unspecified atom stereocenters. The van der Waals surface area contributed by atoms with Crippen LogP contribution in [0.4, 0.5) is 10.7 Å². The van der Waals surface area contributed by atoms with Gasteiger partial charge in [-0.05, 0) is 12.8 Å². The van der Waals surface area contributed by atoms with Crippen molar-refractivity contribution >= 4 is 37.6 Å². The van der Waals surface area contributed by atoms with Gasteiger partial charge < -0.3 is 11.1 Å². The minimum Gasteiger partial charge on any atom is -0.396 e. The van der Waals surface area contributed by atoms with Crippen molar-refractivity contribution in [3.05, 3.63) is 4.88 Å². The first-order valence-corrected chi connectivity index (χ1v) is 9.82. The molecule has 118 valence electrons. The first-order valence-electron chi connectivity index (χ1n) is 7.35. The van der Waals surface area contributed by atoms with E-state index in [4.69, 9.17) is 5.73 Å². The van der Waals surface area contributed by atoms with Crippen molar-refractivity contribution in [2.45, 2.75) is 56.9 Å². The SMILES string of the molecule is CCC(=O)c1sc(NC2CCCC2)c(S(=O)(=O)CC)c1N. The maximum absolute atomic E-state index is 12.3. The minimum atomic E-state index is -3.45. The lowest BCUT2D eigenvalue weighted by Crippen LogP contribution is -2.16. The molecular weight excluding hydrogens is 308 g/mol. The largest absolute Gasteiger partial charge is 0.396 e. The Kier molecular flexibility index (Phi) is 4.93. The zero-order valence-corrected chi connectivity index (χ0v) is 14.1. The summed E-state index contributed by atoms with van der Waals surface area (Å²) in [4.78, 5) is 12.4. The monoisotopic (exact) mass is 330 g/mol. The molecule has 0 amide bonds. The van der Waals surface area contributed by atoms with Gasteiger partial charge in [-0.3, -0.25) is 4.79 Å². The van der Waals surface area contributed by atoms with Gasteiger partial charge in [0.15, 0.2) is 15.6 Å². The summed E-state index contributed by atoms with van der Waals surface area (Å²) in [5.74, 6) is -0.128. The molecule has 1 saturated carbocycles. The molecule has 1 aromatic heterocycles. The third-order valence-corrected chi connectivity index (χ3v) is 6.97. The van der Waals surface area contributed by atoms with E-state index in [1.54, 1.807) is 13.8 Å². The number of rotatable bonds is 6. The number of ketones is 1. The number of carbonyl (C=O) groups is 1. The number of nitrogens with two attached hydrogens (primary N) is 1. The van der Waals surface area contributed by atoms with Crippen LogP contribution >= 0.6 is 11.3 Å². The predicted octanol–water partition coefficient (Wildman–Crippen LogP) is 3.07. The molecule has 5 nitrogen and oxygen atoms in total. The van der Waals surface area contributed by atoms with Crippen molar-refractivity contribution in [3.8, 4) is 0 Å². The fourth-order valence-electron chi connectivity index (χ4n) is 2.60. The Balaban J connectivity index is 2.48. The van der Waals surface area contributed by atoms with Gasteiger partial charge in [0.05, 0.1) is 16.3 Å². The number of Topliss-reactive ketones (excluding diaryl/α,β-unsaturated/α-hetero) is 1. The van der Waals surface area contributed by atoms with E-state index in [1.807, 2.05) is 0 Å². The second-order valence-electron chi connectivity index (χ2n) is 5.31. The highest BCUT2D eigenvalue weighted by Gasteiger charge is 2.29. The number of nitrogens with one attached hydrogen (secondary N) is 1. The lowest BCUT2D eigenvalue weighted by atomic mass is 10.2. The summed E-state index contributed by atoms with van der Waals surface area (Å²) in [6, 6.07) is 0.276. The van der Waals surface area contributed by atoms with E-state index in [-0.39, 0.29) is 28.2 Å². The standard InChI is InChI=1S/C14H22N2O3S2/c1-3-10(17)12-11(15)13(21(18,19)4-2)14(20-12)16-9-7-5-6-8-9/h9,16H,3-8,15H2,1-2H3. The van der Waals surface area contributed by atoms with E-state index in [0.717, 1.165) is 25.7 Å². The molecule has 3 N–H and O–H groups in total. The third kappa shape index (κ3) is 3.23. The maximum Gasteiger partial charge on any atom is 0.183 e. The van der Waals surface area contributed by atoms with Gasteiger partial charge in [0.2, 0.25) is 0 Å². The second kappa shape index (κ2) is 6.36. The van der Waals surface area contributed by atoms with Crippen LogP contribution in [0.2, 0.25) is 0 Å². The Hall–Kier alpha value is -1.08. The van der Waals surface area contributed by atoms with E-state index >= 15 is 0 Å². The highest BCUT2D eigenvalue weighted by molar-refractivity contribution is 7.92. The molecule has 0 spiro atoms. The summed E-state index contributed by atoms with van der Waals surface area (Å²) in [6.07, 6.45) is 4.67. The molecule has 0 atom stereocenters. The molecule has 0 saturated heterocycles. The van der Waals surface area contributed by atoms with Crippen LogP contribution in [0.5, 0.6) is 0 Å². The molecule has 0 radical (unpaired) electrons. The van der Waals surface area contributed by atoms with E-state index < -0.39 is 9.84 Å². The Bertz CT molecular complexity index is 629. The van der Waals surface area contributed by atoms with Crippen LogP contribution in [-0.2, 0) is 9.84 Å². The topological polar surface area (TPSA) is 89.3 Å². The summed E-state index contributed by atoms with van der Waals surface area (Å²) in [5.41, 5.74) is 6.11. The minimum absolute atomic E-state index is 0.0208. The zero-order valence-electron chi connectivity index (χ0n) is 12.4. The van der Waals surface area contributed by atoms with Gasteiger partial charge in [-0.15, -0.1) is 11.3 Å². The van der Waals surface area contributed by atoms with Gasteiger partial charge in [0, 0.05) is 12.5 Å². The molecule has 0 bridgehead atoms. The lowest BCUT2D eigenvalue weighted by Gasteiger charge is -2.13. The molecule has 2 rings (SSSR count). The number of carbonyl (C=O) groups excluding carboxylic acids is 1. The Labute approximate surface area is 129 Å². The predicted molar refractivity (Wildman–Crippen MR) is 87.0 cm³/mol. The van der Waals surface area contributed by atoms with Gasteiger partial charge in [0.1, 0.15) is 9.90 Å². The Morgan fingerprint density at radius 3 is 2.48 bits per heavy atom. The van der Waals surface area contributed by atoms with Gasteiger partial charge >= 0.3 is 0 Å². The average molecular weight is 330 g/mol. The van der Waals surface area contributed by atoms with Crippen LogP contribution < -0.4 is 11.1 Å². The van der Waals surface area contributed by atoms with Crippen molar-refractivity contribution in [2.75, 3.05) is 16.8 Å². The zero-order chi connectivity index (χ0) is 15.6. The Morgan fingerprint density at radius 1 is 1.33 bits per heavy atom. The van der Waals surface area contributed by atoms with E-state index in [1.165, 1.54) is 11.3 Å². The molecule has 1 heterocycles. The van der Waals surface area contributed by atoms with Crippen LogP contribution in [0, 0.1) is 0 Å². The number of sulfone groups is 1. The number of hydrogen-bond acceptors (Lipinski definition) is 6. The number of anilines is 2. The van der Waals surface area contributed by atoms with Crippen molar-refractivity contribution in [3.63, 3.8) is 0 Å². The normalized spacial score (nSPS) is 16.3. The summed E-state index contributed by atoms with van der Waals surface area (Å²) < 4.78 is 24.6. The van der Waals surface area contributed by atoms with Gasteiger partial charge in [-0.2, -0.15) is 0 Å². The van der Waals surface area contributed by atoms with E-state index in [0.29, 0.717) is 16.3 Å². The highest BCUT2D eigenvalue weighted by Crippen LogP contribution is 2.41. The molecule has 7 heteroatoms. The molecule has 1 fully saturated rings. The van der Waals surface area contributed by atoms with E-state index in [2.05, 4.69) is 5.32 Å². The van der Waals surface area contributed by atoms with Crippen molar-refractivity contribution < 1.29 is 13.2 Å². The van der Waals surface area contributed by atoms with Gasteiger partial charge in [-0.25, -0.2) is 8.42 Å². The molecular formula is C14H22N2O3S2. The van der Waals surface area contributed by atoms with Crippen molar-refractivity contribution in [2.24, 2.45) is 0 Å². The van der Waals surface area contributed by atoms with Crippen LogP contribution in [0.3, 0.4) is 0 Å². The summed E-state index contributed by atoms with van der Waals surface area (Å²) in [6.45, 7) is 3.34. The van der Waals surface area contributed by atoms with Crippen LogP contribution in [0.25, 0.3) is 0 Å². The smallest absolute Gasteiger partial charge is 0.183 e. The molecule has 1 aromatic rings. The molecule has 1 aliphatic carbocycles. The third-order valence-electron chi connectivity index (χ3n) is 3.86. The van der Waals surface area contributed by atoms with Crippen molar-refractivity contribution in [1.82, 2.24) is 0 Å². The molecule has 1 aliphatic rings.